The summed E-state index contributed by atoms with van der Waals surface area (Å²) >= 11 is 5.83. The van der Waals surface area contributed by atoms with E-state index in [-0.39, 0.29) is 18.0 Å². The van der Waals surface area contributed by atoms with Crippen LogP contribution in [0.2, 0.25) is 5.02 Å². The molecular formula is C19H20ClN3O4S. The van der Waals surface area contributed by atoms with Gasteiger partial charge in [-0.3, -0.25) is 0 Å². The predicted octanol–water partition coefficient (Wildman–Crippen LogP) is 3.47. The van der Waals surface area contributed by atoms with Gasteiger partial charge in [0.2, 0.25) is 10.0 Å². The topological polar surface area (TPSA) is 85.5 Å². The third kappa shape index (κ3) is 5.09. The monoisotopic (exact) mass is 421 g/mol. The van der Waals surface area contributed by atoms with Gasteiger partial charge in [0.25, 0.3) is 5.89 Å². The number of likely N-dealkylation sites (N-methyl/N-ethyl adjacent to an activating group) is 1. The van der Waals surface area contributed by atoms with E-state index in [1.807, 2.05) is 6.92 Å². The Labute approximate surface area is 168 Å². The van der Waals surface area contributed by atoms with Crippen LogP contribution in [0, 0.1) is 6.92 Å². The third-order valence-electron chi connectivity index (χ3n) is 4.07. The molecule has 1 aromatic heterocycles. The highest BCUT2D eigenvalue weighted by molar-refractivity contribution is 7.89. The molecule has 9 heteroatoms. The van der Waals surface area contributed by atoms with Gasteiger partial charge in [0, 0.05) is 25.0 Å². The van der Waals surface area contributed by atoms with E-state index >= 15 is 0 Å². The molecule has 0 amide bonds. The maximum atomic E-state index is 12.6. The molecule has 0 aliphatic carbocycles. The van der Waals surface area contributed by atoms with Crippen LogP contribution in [-0.4, -0.2) is 36.5 Å². The third-order valence-corrected chi connectivity index (χ3v) is 6.19. The number of benzene rings is 2. The molecule has 0 radical (unpaired) electrons. The van der Waals surface area contributed by atoms with Gasteiger partial charge in [-0.05, 0) is 43.3 Å². The maximum Gasteiger partial charge on any atom is 0.264 e. The standard InChI is InChI=1S/C19H20ClN3O4S/c1-14-3-9-17(10-4-14)28(24,25)23(2)12-11-18-21-19(27-22-18)13-26-16-7-5-15(20)6-8-16/h3-10H,11-13H2,1-2H3. The van der Waals surface area contributed by atoms with Crippen LogP contribution in [0.1, 0.15) is 17.3 Å². The Balaban J connectivity index is 1.54. The number of nitrogens with zero attached hydrogens (tertiary/aromatic N) is 3. The molecule has 0 saturated heterocycles. The minimum atomic E-state index is -3.56. The molecule has 28 heavy (non-hydrogen) atoms. The first-order valence-corrected chi connectivity index (χ1v) is 10.4. The number of aromatic nitrogens is 2. The molecule has 0 spiro atoms. The smallest absolute Gasteiger partial charge is 0.264 e. The molecule has 3 rings (SSSR count). The van der Waals surface area contributed by atoms with Crippen molar-refractivity contribution < 1.29 is 17.7 Å². The van der Waals surface area contributed by atoms with Crippen molar-refractivity contribution in [1.82, 2.24) is 14.4 Å². The van der Waals surface area contributed by atoms with E-state index in [1.54, 1.807) is 48.5 Å². The fourth-order valence-electron chi connectivity index (χ4n) is 2.39. The van der Waals surface area contributed by atoms with E-state index in [1.165, 1.54) is 11.4 Å². The van der Waals surface area contributed by atoms with E-state index in [0.29, 0.717) is 28.9 Å². The number of hydrogen-bond acceptors (Lipinski definition) is 6. The van der Waals surface area contributed by atoms with Crippen LogP contribution < -0.4 is 4.74 Å². The summed E-state index contributed by atoms with van der Waals surface area (Å²) in [7, 11) is -2.03. The average molecular weight is 422 g/mol. The Morgan fingerprint density at radius 2 is 1.79 bits per heavy atom. The van der Waals surface area contributed by atoms with Gasteiger partial charge in [-0.1, -0.05) is 34.5 Å². The predicted molar refractivity (Wildman–Crippen MR) is 105 cm³/mol. The van der Waals surface area contributed by atoms with Crippen LogP contribution in [0.5, 0.6) is 5.75 Å². The van der Waals surface area contributed by atoms with Crippen molar-refractivity contribution in [1.29, 1.82) is 0 Å². The average Bonchev–Trinajstić information content (AvgIpc) is 3.14. The molecule has 0 atom stereocenters. The Kier molecular flexibility index (Phi) is 6.33. The Bertz CT molecular complexity index is 1020. The summed E-state index contributed by atoms with van der Waals surface area (Å²) in [6, 6.07) is 13.7. The highest BCUT2D eigenvalue weighted by atomic mass is 35.5. The van der Waals surface area contributed by atoms with Crippen molar-refractivity contribution in [3.63, 3.8) is 0 Å². The Morgan fingerprint density at radius 1 is 1.11 bits per heavy atom. The highest BCUT2D eigenvalue weighted by Crippen LogP contribution is 2.17. The van der Waals surface area contributed by atoms with Crippen LogP contribution in [0.3, 0.4) is 0 Å². The van der Waals surface area contributed by atoms with Gasteiger partial charge < -0.3 is 9.26 Å². The van der Waals surface area contributed by atoms with Crippen molar-refractivity contribution in [3.05, 3.63) is 70.8 Å². The van der Waals surface area contributed by atoms with Gasteiger partial charge >= 0.3 is 0 Å². The van der Waals surface area contributed by atoms with E-state index < -0.39 is 10.0 Å². The zero-order valence-corrected chi connectivity index (χ0v) is 17.1. The largest absolute Gasteiger partial charge is 0.484 e. The molecule has 0 bridgehead atoms. The van der Waals surface area contributed by atoms with Gasteiger partial charge in [-0.25, -0.2) is 12.7 Å². The molecule has 0 saturated carbocycles. The van der Waals surface area contributed by atoms with Crippen molar-refractivity contribution >= 4 is 21.6 Å². The molecule has 0 fully saturated rings. The first-order valence-electron chi connectivity index (χ1n) is 8.57. The molecule has 148 valence electrons. The van der Waals surface area contributed by atoms with Crippen LogP contribution in [0.15, 0.2) is 57.9 Å². The zero-order valence-electron chi connectivity index (χ0n) is 15.5. The van der Waals surface area contributed by atoms with Gasteiger partial charge in [0.1, 0.15) is 5.75 Å². The fraction of sp³-hybridized carbons (Fsp3) is 0.263. The second-order valence-corrected chi connectivity index (χ2v) is 8.72. The van der Waals surface area contributed by atoms with E-state index in [4.69, 9.17) is 20.9 Å². The van der Waals surface area contributed by atoms with Gasteiger partial charge in [0.15, 0.2) is 12.4 Å². The van der Waals surface area contributed by atoms with Crippen LogP contribution in [0.25, 0.3) is 0 Å². The lowest BCUT2D eigenvalue weighted by Gasteiger charge is -2.16. The summed E-state index contributed by atoms with van der Waals surface area (Å²) in [6.45, 7) is 2.25. The second kappa shape index (κ2) is 8.72. The highest BCUT2D eigenvalue weighted by Gasteiger charge is 2.21. The molecular weight excluding hydrogens is 402 g/mol. The summed E-state index contributed by atoms with van der Waals surface area (Å²) in [5, 5.41) is 4.49. The lowest BCUT2D eigenvalue weighted by atomic mass is 10.2. The summed E-state index contributed by atoms with van der Waals surface area (Å²) in [5.41, 5.74) is 1.00. The SMILES string of the molecule is Cc1ccc(S(=O)(=O)N(C)CCc2noc(COc3ccc(Cl)cc3)n2)cc1. The number of sulfonamides is 1. The molecule has 7 nitrogen and oxygen atoms in total. The minimum Gasteiger partial charge on any atom is -0.484 e. The number of halogens is 1. The van der Waals surface area contributed by atoms with Gasteiger partial charge in [0.05, 0.1) is 4.90 Å². The van der Waals surface area contributed by atoms with Crippen LogP contribution >= 0.6 is 11.6 Å². The normalized spacial score (nSPS) is 11.7. The number of aryl methyl sites for hydroxylation is 1. The Hall–Kier alpha value is -2.42. The molecule has 0 aliphatic heterocycles. The number of ether oxygens (including phenoxy) is 1. The van der Waals surface area contributed by atoms with E-state index in [2.05, 4.69) is 10.1 Å². The van der Waals surface area contributed by atoms with Crippen molar-refractivity contribution in [3.8, 4) is 5.75 Å². The number of rotatable bonds is 8. The maximum absolute atomic E-state index is 12.6. The lowest BCUT2D eigenvalue weighted by molar-refractivity contribution is 0.242. The van der Waals surface area contributed by atoms with E-state index in [9.17, 15) is 8.42 Å². The molecule has 0 aliphatic rings. The molecule has 1 heterocycles. The van der Waals surface area contributed by atoms with Crippen molar-refractivity contribution in [2.75, 3.05) is 13.6 Å². The summed E-state index contributed by atoms with van der Waals surface area (Å²) in [4.78, 5) is 4.49. The van der Waals surface area contributed by atoms with Gasteiger partial charge in [-0.2, -0.15) is 4.98 Å². The van der Waals surface area contributed by atoms with Gasteiger partial charge in [-0.15, -0.1) is 0 Å². The van der Waals surface area contributed by atoms with Crippen LogP contribution in [-0.2, 0) is 23.1 Å². The summed E-state index contributed by atoms with van der Waals surface area (Å²) in [5.74, 6) is 1.36. The second-order valence-electron chi connectivity index (χ2n) is 6.24. The Morgan fingerprint density at radius 3 is 2.46 bits per heavy atom. The lowest BCUT2D eigenvalue weighted by Crippen LogP contribution is -2.29. The van der Waals surface area contributed by atoms with Crippen LogP contribution in [0.4, 0.5) is 0 Å². The first kappa shape index (κ1) is 20.3. The van der Waals surface area contributed by atoms with Crippen molar-refractivity contribution in [2.45, 2.75) is 24.8 Å². The molecule has 0 unspecified atom stereocenters. The van der Waals surface area contributed by atoms with Crippen molar-refractivity contribution in [2.24, 2.45) is 0 Å². The zero-order chi connectivity index (χ0) is 20.1. The molecule has 2 aromatic carbocycles. The van der Waals surface area contributed by atoms with E-state index in [0.717, 1.165) is 5.56 Å². The quantitative estimate of drug-likeness (QED) is 0.553. The first-order chi connectivity index (χ1) is 13.3. The number of hydrogen-bond donors (Lipinski definition) is 0. The minimum absolute atomic E-state index is 0.117. The molecule has 3 aromatic rings. The fourth-order valence-corrected chi connectivity index (χ4v) is 3.69. The molecule has 0 N–H and O–H groups in total. The summed E-state index contributed by atoms with van der Waals surface area (Å²) < 4.78 is 37.1. The summed E-state index contributed by atoms with van der Waals surface area (Å²) in [6.07, 6.45) is 0.325.